The zero-order valence-corrected chi connectivity index (χ0v) is 19.2. The van der Waals surface area contributed by atoms with Gasteiger partial charge < -0.3 is 14.6 Å². The molecule has 1 saturated heterocycles. The molecule has 4 nitrogen and oxygen atoms in total. The van der Waals surface area contributed by atoms with E-state index in [0.29, 0.717) is 28.1 Å². The highest BCUT2D eigenvalue weighted by molar-refractivity contribution is 6.35. The molecule has 4 rings (SSSR count). The summed E-state index contributed by atoms with van der Waals surface area (Å²) in [6.45, 7) is 0.0813. The summed E-state index contributed by atoms with van der Waals surface area (Å²) in [6, 6.07) is 10.1. The van der Waals surface area contributed by atoms with E-state index in [1.165, 1.54) is 18.6 Å². The van der Waals surface area contributed by atoms with Gasteiger partial charge in [-0.25, -0.2) is 4.39 Å². The summed E-state index contributed by atoms with van der Waals surface area (Å²) in [5, 5.41) is 10.8. The van der Waals surface area contributed by atoms with Gasteiger partial charge in [0, 0.05) is 22.9 Å². The van der Waals surface area contributed by atoms with Gasteiger partial charge >= 0.3 is 5.97 Å². The molecule has 0 spiro atoms. The van der Waals surface area contributed by atoms with E-state index in [9.17, 15) is 14.3 Å². The summed E-state index contributed by atoms with van der Waals surface area (Å²) in [4.78, 5) is 11.7. The number of rotatable bonds is 6. The second-order valence-corrected chi connectivity index (χ2v) is 9.59. The summed E-state index contributed by atoms with van der Waals surface area (Å²) in [6.07, 6.45) is 4.63. The first-order valence-corrected chi connectivity index (χ1v) is 11.9. The Kier molecular flexibility index (Phi) is 7.59. The zero-order chi connectivity index (χ0) is 22.7. The number of aliphatic hydroxyl groups is 1. The number of ether oxygens (including phenoxy) is 2. The van der Waals surface area contributed by atoms with E-state index >= 15 is 0 Å². The minimum Gasteiger partial charge on any atom is -0.488 e. The van der Waals surface area contributed by atoms with Crippen LogP contribution in [0.4, 0.5) is 4.39 Å². The molecule has 0 bridgehead atoms. The van der Waals surface area contributed by atoms with Crippen molar-refractivity contribution >= 4 is 29.2 Å². The zero-order valence-electron chi connectivity index (χ0n) is 17.7. The fourth-order valence-corrected chi connectivity index (χ4v) is 5.51. The standard InChI is InChI=1S/C25H27Cl2FO4/c26-17-10-21(24(15-4-2-1-3-5-15)16-6-8-18(28)9-7-16)25(22(27)11-17)31-14-20-12-19(29)13-23(30)32-20/h6-11,15,19-20,24,29H,1-5,12-14H2. The number of cyclic esters (lactones) is 1. The van der Waals surface area contributed by atoms with Crippen LogP contribution >= 0.6 is 23.2 Å². The van der Waals surface area contributed by atoms with Crippen LogP contribution in [0.5, 0.6) is 5.75 Å². The highest BCUT2D eigenvalue weighted by Gasteiger charge is 2.32. The summed E-state index contributed by atoms with van der Waals surface area (Å²) in [5.74, 6) is 0.0645. The molecule has 32 heavy (non-hydrogen) atoms. The van der Waals surface area contributed by atoms with Gasteiger partial charge in [-0.15, -0.1) is 0 Å². The Labute approximate surface area is 197 Å². The molecule has 0 amide bonds. The van der Waals surface area contributed by atoms with E-state index in [-0.39, 0.29) is 24.8 Å². The summed E-state index contributed by atoms with van der Waals surface area (Å²) < 4.78 is 25.1. The van der Waals surface area contributed by atoms with E-state index in [2.05, 4.69) is 0 Å². The minimum atomic E-state index is -0.737. The molecule has 2 aromatic carbocycles. The van der Waals surface area contributed by atoms with E-state index in [0.717, 1.165) is 36.8 Å². The molecule has 2 aliphatic rings. The van der Waals surface area contributed by atoms with E-state index < -0.39 is 18.2 Å². The molecule has 0 radical (unpaired) electrons. The summed E-state index contributed by atoms with van der Waals surface area (Å²) >= 11 is 13.0. The van der Waals surface area contributed by atoms with Crippen molar-refractivity contribution in [2.24, 2.45) is 5.92 Å². The first-order chi connectivity index (χ1) is 15.4. The van der Waals surface area contributed by atoms with E-state index in [1.807, 2.05) is 18.2 Å². The first kappa shape index (κ1) is 23.3. The Morgan fingerprint density at radius 1 is 1.12 bits per heavy atom. The SMILES string of the molecule is O=C1CC(O)CC(COc2c(Cl)cc(Cl)cc2C(c2ccc(F)cc2)C2CCCCC2)O1. The number of carbonyl (C=O) groups excluding carboxylic acids is 1. The van der Waals surface area contributed by atoms with Crippen LogP contribution < -0.4 is 4.74 Å². The molecule has 1 aliphatic carbocycles. The highest BCUT2D eigenvalue weighted by Crippen LogP contribution is 2.46. The van der Waals surface area contributed by atoms with Crippen LogP contribution in [0.15, 0.2) is 36.4 Å². The molecule has 0 aromatic heterocycles. The van der Waals surface area contributed by atoms with Gasteiger partial charge in [0.2, 0.25) is 0 Å². The lowest BCUT2D eigenvalue weighted by molar-refractivity contribution is -0.162. The van der Waals surface area contributed by atoms with Crippen molar-refractivity contribution < 1.29 is 23.8 Å². The quantitative estimate of drug-likeness (QED) is 0.493. The number of hydrogen-bond acceptors (Lipinski definition) is 4. The molecule has 172 valence electrons. The number of carbonyl (C=O) groups is 1. The van der Waals surface area contributed by atoms with Crippen molar-refractivity contribution in [1.82, 2.24) is 0 Å². The van der Waals surface area contributed by atoms with E-state index in [4.69, 9.17) is 32.7 Å². The van der Waals surface area contributed by atoms with Gasteiger partial charge in [0.25, 0.3) is 0 Å². The van der Waals surface area contributed by atoms with Crippen molar-refractivity contribution in [2.45, 2.75) is 63.1 Å². The summed E-state index contributed by atoms with van der Waals surface area (Å²) in [7, 11) is 0. The molecular weight excluding hydrogens is 454 g/mol. The van der Waals surface area contributed by atoms with Crippen molar-refractivity contribution in [3.63, 3.8) is 0 Å². The maximum Gasteiger partial charge on any atom is 0.308 e. The average Bonchev–Trinajstić information content (AvgIpc) is 2.75. The molecule has 3 unspecified atom stereocenters. The Morgan fingerprint density at radius 3 is 2.53 bits per heavy atom. The number of halogens is 3. The number of benzene rings is 2. The van der Waals surface area contributed by atoms with Crippen molar-refractivity contribution in [3.8, 4) is 5.75 Å². The maximum atomic E-state index is 13.7. The Bertz CT molecular complexity index is 944. The third kappa shape index (κ3) is 5.56. The molecular formula is C25H27Cl2FO4. The molecule has 1 N–H and O–H groups in total. The van der Waals surface area contributed by atoms with Crippen LogP contribution in [0.2, 0.25) is 10.0 Å². The molecule has 1 aliphatic heterocycles. The lowest BCUT2D eigenvalue weighted by Gasteiger charge is -2.33. The van der Waals surface area contributed by atoms with Gasteiger partial charge in [0.1, 0.15) is 24.3 Å². The van der Waals surface area contributed by atoms with Gasteiger partial charge in [0.05, 0.1) is 17.5 Å². The monoisotopic (exact) mass is 480 g/mol. The van der Waals surface area contributed by atoms with Crippen LogP contribution in [0, 0.1) is 11.7 Å². The van der Waals surface area contributed by atoms with Crippen LogP contribution in [0.25, 0.3) is 0 Å². The number of aliphatic hydroxyl groups excluding tert-OH is 1. The van der Waals surface area contributed by atoms with Crippen molar-refractivity contribution in [1.29, 1.82) is 0 Å². The Hall–Kier alpha value is -1.82. The van der Waals surface area contributed by atoms with Gasteiger partial charge in [-0.3, -0.25) is 4.79 Å². The maximum absolute atomic E-state index is 13.7. The van der Waals surface area contributed by atoms with Crippen molar-refractivity contribution in [3.05, 3.63) is 63.4 Å². The lowest BCUT2D eigenvalue weighted by atomic mass is 9.73. The molecule has 1 saturated carbocycles. The van der Waals surface area contributed by atoms with Gasteiger partial charge in [0.15, 0.2) is 0 Å². The topological polar surface area (TPSA) is 55.8 Å². The third-order valence-electron chi connectivity index (χ3n) is 6.37. The van der Waals surface area contributed by atoms with Crippen LogP contribution in [0.1, 0.15) is 62.0 Å². The molecule has 3 atom stereocenters. The second kappa shape index (κ2) is 10.4. The minimum absolute atomic E-state index is 0.00221. The first-order valence-electron chi connectivity index (χ1n) is 11.2. The predicted molar refractivity (Wildman–Crippen MR) is 122 cm³/mol. The average molecular weight is 481 g/mol. The molecule has 7 heteroatoms. The number of hydrogen-bond donors (Lipinski definition) is 1. The fourth-order valence-electron chi connectivity index (χ4n) is 4.95. The van der Waals surface area contributed by atoms with Crippen molar-refractivity contribution in [2.75, 3.05) is 6.61 Å². The second-order valence-electron chi connectivity index (χ2n) is 8.75. The summed E-state index contributed by atoms with van der Waals surface area (Å²) in [5.41, 5.74) is 1.84. The predicted octanol–water partition coefficient (Wildman–Crippen LogP) is 6.29. The van der Waals surface area contributed by atoms with E-state index in [1.54, 1.807) is 6.07 Å². The van der Waals surface area contributed by atoms with Gasteiger partial charge in [-0.1, -0.05) is 54.6 Å². The van der Waals surface area contributed by atoms with Crippen LogP contribution in [-0.4, -0.2) is 29.9 Å². The Morgan fingerprint density at radius 2 is 1.84 bits per heavy atom. The largest absolute Gasteiger partial charge is 0.488 e. The number of esters is 1. The molecule has 1 heterocycles. The normalized spacial score (nSPS) is 22.9. The van der Waals surface area contributed by atoms with Gasteiger partial charge in [-0.2, -0.15) is 0 Å². The molecule has 2 fully saturated rings. The third-order valence-corrected chi connectivity index (χ3v) is 6.87. The molecule has 2 aromatic rings. The smallest absolute Gasteiger partial charge is 0.308 e. The van der Waals surface area contributed by atoms with Gasteiger partial charge in [-0.05, 0) is 48.6 Å². The Balaban J connectivity index is 1.68. The fraction of sp³-hybridized carbons (Fsp3) is 0.480. The lowest BCUT2D eigenvalue weighted by Crippen LogP contribution is -2.36. The van der Waals surface area contributed by atoms with Crippen LogP contribution in [0.3, 0.4) is 0 Å². The van der Waals surface area contributed by atoms with Crippen LogP contribution in [-0.2, 0) is 9.53 Å². The highest BCUT2D eigenvalue weighted by atomic mass is 35.5.